The SMILES string of the molecule is CC(C)c1c(Cl)cnn1C1(C(=O)Nc2ccc(Cl)cc2OC(F)F)CCN(C(C)(C(=O)O)C2CCOCC2)CC1. The van der Waals surface area contributed by atoms with Gasteiger partial charge in [0.2, 0.25) is 0 Å². The Morgan fingerprint density at radius 2 is 1.88 bits per heavy atom. The maximum atomic E-state index is 14.1. The molecule has 1 amide bonds. The number of ether oxygens (including phenoxy) is 2. The summed E-state index contributed by atoms with van der Waals surface area (Å²) in [6.45, 7) is 4.05. The normalized spacial score (nSPS) is 19.9. The lowest BCUT2D eigenvalue weighted by Gasteiger charge is -2.50. The standard InChI is InChI=1S/C27H34Cl2F2N4O5/c1-16(2)22-19(29)15-32-35(22)27(23(36)33-20-5-4-18(28)14-21(20)40-25(30)31)8-10-34(11-9-27)26(3,24(37)38)17-6-12-39-13-7-17/h4-5,14-17,25H,6-13H2,1-3H3,(H,33,36)(H,37,38). The fourth-order valence-electron chi connectivity index (χ4n) is 5.93. The fraction of sp³-hybridized carbons (Fsp3) is 0.593. The van der Waals surface area contributed by atoms with Crippen LogP contribution in [0.25, 0.3) is 0 Å². The van der Waals surface area contributed by atoms with Crippen molar-refractivity contribution in [1.29, 1.82) is 0 Å². The van der Waals surface area contributed by atoms with Gasteiger partial charge in [-0.2, -0.15) is 13.9 Å². The molecule has 1 unspecified atom stereocenters. The molecule has 0 saturated carbocycles. The monoisotopic (exact) mass is 602 g/mol. The number of nitrogens with zero attached hydrogens (tertiary/aromatic N) is 3. The van der Waals surface area contributed by atoms with Crippen LogP contribution in [0.1, 0.15) is 58.1 Å². The van der Waals surface area contributed by atoms with Crippen LogP contribution in [-0.2, 0) is 19.9 Å². The van der Waals surface area contributed by atoms with Crippen molar-refractivity contribution < 1.29 is 33.0 Å². The molecule has 2 aliphatic heterocycles. The molecule has 1 aromatic carbocycles. The Balaban J connectivity index is 1.71. The van der Waals surface area contributed by atoms with E-state index in [1.54, 1.807) is 11.6 Å². The number of aliphatic carboxylic acids is 1. The predicted octanol–water partition coefficient (Wildman–Crippen LogP) is 5.61. The van der Waals surface area contributed by atoms with Gasteiger partial charge in [0.05, 0.1) is 22.6 Å². The second-order valence-electron chi connectivity index (χ2n) is 10.8. The highest BCUT2D eigenvalue weighted by molar-refractivity contribution is 6.31. The van der Waals surface area contributed by atoms with Gasteiger partial charge >= 0.3 is 12.6 Å². The Morgan fingerprint density at radius 3 is 2.45 bits per heavy atom. The summed E-state index contributed by atoms with van der Waals surface area (Å²) in [6.07, 6.45) is 3.15. The van der Waals surface area contributed by atoms with Gasteiger partial charge in [-0.05, 0) is 56.6 Å². The van der Waals surface area contributed by atoms with Gasteiger partial charge in [0.25, 0.3) is 5.91 Å². The summed E-state index contributed by atoms with van der Waals surface area (Å²) in [4.78, 5) is 28.7. The number of hydrogen-bond acceptors (Lipinski definition) is 6. The highest BCUT2D eigenvalue weighted by atomic mass is 35.5. The van der Waals surface area contributed by atoms with Crippen LogP contribution < -0.4 is 10.1 Å². The Morgan fingerprint density at radius 1 is 1.23 bits per heavy atom. The minimum atomic E-state index is -3.12. The molecule has 2 fully saturated rings. The first-order valence-corrected chi connectivity index (χ1v) is 14.0. The van der Waals surface area contributed by atoms with E-state index in [4.69, 9.17) is 27.9 Å². The van der Waals surface area contributed by atoms with Crippen LogP contribution in [0.3, 0.4) is 0 Å². The van der Waals surface area contributed by atoms with Gasteiger partial charge in [-0.25, -0.2) is 0 Å². The number of nitrogens with one attached hydrogen (secondary N) is 1. The van der Waals surface area contributed by atoms with Gasteiger partial charge < -0.3 is 19.9 Å². The average Bonchev–Trinajstić information content (AvgIpc) is 3.32. The number of amides is 1. The van der Waals surface area contributed by atoms with Crippen molar-refractivity contribution in [3.8, 4) is 5.75 Å². The molecule has 4 rings (SSSR count). The van der Waals surface area contributed by atoms with E-state index in [1.807, 2.05) is 18.7 Å². The summed E-state index contributed by atoms with van der Waals surface area (Å²) >= 11 is 12.5. The summed E-state index contributed by atoms with van der Waals surface area (Å²) < 4.78 is 37.9. The number of rotatable bonds is 9. The third kappa shape index (κ3) is 5.79. The molecule has 2 aromatic rings. The number of benzene rings is 1. The van der Waals surface area contributed by atoms with Crippen LogP contribution in [0.2, 0.25) is 10.0 Å². The Hall–Kier alpha value is -2.47. The number of anilines is 1. The van der Waals surface area contributed by atoms with Crippen molar-refractivity contribution in [3.63, 3.8) is 0 Å². The number of carboxylic acids is 1. The zero-order valence-corrected chi connectivity index (χ0v) is 24.1. The summed E-state index contributed by atoms with van der Waals surface area (Å²) in [7, 11) is 0. The largest absolute Gasteiger partial charge is 0.480 e. The molecular formula is C27H34Cl2F2N4O5. The molecule has 0 aliphatic carbocycles. The number of likely N-dealkylation sites (tertiary alicyclic amines) is 1. The highest BCUT2D eigenvalue weighted by Crippen LogP contribution is 2.42. The van der Waals surface area contributed by atoms with Gasteiger partial charge in [-0.1, -0.05) is 37.0 Å². The topological polar surface area (TPSA) is 106 Å². The number of carbonyl (C=O) groups is 2. The van der Waals surface area contributed by atoms with E-state index in [0.29, 0.717) is 36.8 Å². The predicted molar refractivity (Wildman–Crippen MR) is 146 cm³/mol. The van der Waals surface area contributed by atoms with Crippen LogP contribution >= 0.6 is 23.2 Å². The smallest absolute Gasteiger partial charge is 0.387 e. The van der Waals surface area contributed by atoms with Crippen LogP contribution in [-0.4, -0.2) is 70.1 Å². The number of carboxylic acid groups (broad SMARTS) is 1. The van der Waals surface area contributed by atoms with Crippen molar-refractivity contribution in [3.05, 3.63) is 40.1 Å². The number of hydrogen-bond donors (Lipinski definition) is 2. The summed E-state index contributed by atoms with van der Waals surface area (Å²) in [5, 5.41) is 18.2. The lowest BCUT2D eigenvalue weighted by atomic mass is 9.76. The molecule has 1 atom stereocenters. The minimum absolute atomic E-state index is 0.0263. The molecule has 0 spiro atoms. The lowest BCUT2D eigenvalue weighted by Crippen LogP contribution is -2.64. The Labute approximate surface area is 241 Å². The minimum Gasteiger partial charge on any atom is -0.480 e. The third-order valence-corrected chi connectivity index (χ3v) is 8.77. The number of piperidine rings is 1. The molecule has 1 aromatic heterocycles. The molecule has 40 heavy (non-hydrogen) atoms. The Bertz CT molecular complexity index is 1230. The molecular weight excluding hydrogens is 569 g/mol. The molecule has 13 heteroatoms. The molecule has 2 aliphatic rings. The van der Waals surface area contributed by atoms with Crippen molar-refractivity contribution in [1.82, 2.24) is 14.7 Å². The van der Waals surface area contributed by atoms with Gasteiger partial charge in [0.15, 0.2) is 5.75 Å². The van der Waals surface area contributed by atoms with Crippen LogP contribution in [0, 0.1) is 5.92 Å². The number of carbonyl (C=O) groups excluding carboxylic acids is 1. The number of alkyl halides is 2. The van der Waals surface area contributed by atoms with E-state index >= 15 is 0 Å². The fourth-order valence-corrected chi connectivity index (χ4v) is 6.44. The van der Waals surface area contributed by atoms with E-state index < -0.39 is 29.6 Å². The van der Waals surface area contributed by atoms with Crippen LogP contribution in [0.4, 0.5) is 14.5 Å². The van der Waals surface area contributed by atoms with Crippen molar-refractivity contribution in [2.75, 3.05) is 31.6 Å². The van der Waals surface area contributed by atoms with E-state index in [1.165, 1.54) is 24.4 Å². The molecule has 0 radical (unpaired) electrons. The molecule has 9 nitrogen and oxygen atoms in total. The quantitative estimate of drug-likeness (QED) is 0.384. The number of halogens is 4. The van der Waals surface area contributed by atoms with Gasteiger partial charge in [0, 0.05) is 37.4 Å². The van der Waals surface area contributed by atoms with E-state index in [2.05, 4.69) is 15.2 Å². The van der Waals surface area contributed by atoms with E-state index in [0.717, 1.165) is 0 Å². The van der Waals surface area contributed by atoms with Crippen molar-refractivity contribution >= 4 is 40.8 Å². The molecule has 0 bridgehead atoms. The maximum absolute atomic E-state index is 14.1. The molecule has 2 saturated heterocycles. The van der Waals surface area contributed by atoms with Gasteiger partial charge in [0.1, 0.15) is 11.1 Å². The summed E-state index contributed by atoms with van der Waals surface area (Å²) in [5.74, 6) is -1.90. The van der Waals surface area contributed by atoms with Gasteiger partial charge in [-0.3, -0.25) is 19.2 Å². The maximum Gasteiger partial charge on any atom is 0.387 e. The van der Waals surface area contributed by atoms with Crippen LogP contribution in [0.5, 0.6) is 5.75 Å². The first kappa shape index (κ1) is 30.5. The summed E-state index contributed by atoms with van der Waals surface area (Å²) in [6, 6.07) is 4.06. The van der Waals surface area contributed by atoms with Crippen LogP contribution in [0.15, 0.2) is 24.4 Å². The first-order chi connectivity index (χ1) is 18.9. The average molecular weight is 603 g/mol. The lowest BCUT2D eigenvalue weighted by molar-refractivity contribution is -0.160. The zero-order valence-electron chi connectivity index (χ0n) is 22.6. The Kier molecular flexibility index (Phi) is 9.28. The molecule has 3 heterocycles. The second kappa shape index (κ2) is 12.2. The second-order valence-corrected chi connectivity index (χ2v) is 11.6. The van der Waals surface area contributed by atoms with E-state index in [9.17, 15) is 23.5 Å². The van der Waals surface area contributed by atoms with Gasteiger partial charge in [-0.15, -0.1) is 0 Å². The zero-order chi connectivity index (χ0) is 29.2. The first-order valence-electron chi connectivity index (χ1n) is 13.3. The molecule has 220 valence electrons. The van der Waals surface area contributed by atoms with Crippen molar-refractivity contribution in [2.45, 2.75) is 70.1 Å². The number of aromatic nitrogens is 2. The third-order valence-electron chi connectivity index (χ3n) is 8.24. The summed E-state index contributed by atoms with van der Waals surface area (Å²) in [5.41, 5.74) is -1.75. The highest BCUT2D eigenvalue weighted by Gasteiger charge is 2.53. The van der Waals surface area contributed by atoms with Crippen molar-refractivity contribution in [2.24, 2.45) is 5.92 Å². The molecule has 2 N–H and O–H groups in total. The van der Waals surface area contributed by atoms with E-state index in [-0.39, 0.29) is 54.2 Å².